The zero-order chi connectivity index (χ0) is 13.7. The highest BCUT2D eigenvalue weighted by Gasteiger charge is 2.28. The molecule has 1 aliphatic rings. The summed E-state index contributed by atoms with van der Waals surface area (Å²) in [5, 5.41) is 11.6. The van der Waals surface area contributed by atoms with Crippen LogP contribution in [0.5, 0.6) is 0 Å². The summed E-state index contributed by atoms with van der Waals surface area (Å²) >= 11 is 1.34. The third kappa shape index (κ3) is 3.57. The van der Waals surface area contributed by atoms with E-state index in [2.05, 4.69) is 17.2 Å². The average Bonchev–Trinajstić information content (AvgIpc) is 3.04. The molecule has 19 heavy (non-hydrogen) atoms. The highest BCUT2D eigenvalue weighted by molar-refractivity contribution is 7.14. The molecule has 2 N–H and O–H groups in total. The molecule has 0 spiro atoms. The second kappa shape index (κ2) is 6.71. The van der Waals surface area contributed by atoms with Gasteiger partial charge in [-0.05, 0) is 31.4 Å². The highest BCUT2D eigenvalue weighted by Crippen LogP contribution is 2.23. The lowest BCUT2D eigenvalue weighted by Crippen LogP contribution is -2.40. The van der Waals surface area contributed by atoms with E-state index in [0.717, 1.165) is 24.1 Å². The number of hydrogen-bond acceptors (Lipinski definition) is 4. The molecule has 2 atom stereocenters. The molecule has 2 rings (SSSR count). The van der Waals surface area contributed by atoms with Gasteiger partial charge in [0.05, 0.1) is 21.9 Å². The number of methoxy groups -OCH3 is 1. The van der Waals surface area contributed by atoms with Crippen LogP contribution in [0.2, 0.25) is 0 Å². The Bertz CT molecular complexity index is 500. The summed E-state index contributed by atoms with van der Waals surface area (Å²) in [6.07, 6.45) is 3.17. The first kappa shape index (κ1) is 14.1. The minimum Gasteiger partial charge on any atom is -0.384 e. The number of ether oxygens (including phenoxy) is 1. The van der Waals surface area contributed by atoms with Gasteiger partial charge in [0.1, 0.15) is 6.61 Å². The first-order valence-electron chi connectivity index (χ1n) is 6.28. The summed E-state index contributed by atoms with van der Waals surface area (Å²) in [7, 11) is 1.68. The Kier molecular flexibility index (Phi) is 4.97. The zero-order valence-corrected chi connectivity index (χ0v) is 11.6. The Labute approximate surface area is 116 Å². The number of nitrogens with one attached hydrogen (secondary N) is 1. The molecule has 1 fully saturated rings. The Morgan fingerprint density at radius 3 is 3.16 bits per heavy atom. The van der Waals surface area contributed by atoms with Crippen molar-refractivity contribution in [2.45, 2.75) is 31.4 Å². The van der Waals surface area contributed by atoms with E-state index in [9.17, 15) is 4.79 Å². The van der Waals surface area contributed by atoms with Crippen molar-refractivity contribution in [2.24, 2.45) is 0 Å². The highest BCUT2D eigenvalue weighted by atomic mass is 32.1. The van der Waals surface area contributed by atoms with E-state index < -0.39 is 0 Å². The van der Waals surface area contributed by atoms with Crippen LogP contribution in [0.4, 0.5) is 0 Å². The molecule has 1 amide bonds. The summed E-state index contributed by atoms with van der Waals surface area (Å²) < 4.78 is 5.36. The van der Waals surface area contributed by atoms with Gasteiger partial charge in [-0.25, -0.2) is 0 Å². The van der Waals surface area contributed by atoms with Crippen LogP contribution in [-0.2, 0) is 4.74 Å². The lowest BCUT2D eigenvalue weighted by molar-refractivity contribution is 0.0724. The van der Waals surface area contributed by atoms with E-state index >= 15 is 0 Å². The second-order valence-electron chi connectivity index (χ2n) is 4.41. The van der Waals surface area contributed by atoms with Gasteiger partial charge in [-0.3, -0.25) is 4.79 Å². The molecule has 4 nitrogen and oxygen atoms in total. The zero-order valence-electron chi connectivity index (χ0n) is 10.8. The van der Waals surface area contributed by atoms with Crippen LogP contribution in [0.15, 0.2) is 12.1 Å². The van der Waals surface area contributed by atoms with Crippen molar-refractivity contribution >= 4 is 17.2 Å². The maximum absolute atomic E-state index is 12.1. The summed E-state index contributed by atoms with van der Waals surface area (Å²) in [6.45, 7) is -0.170. The lowest BCUT2D eigenvalue weighted by Gasteiger charge is -2.19. The molecule has 1 aliphatic carbocycles. The monoisotopic (exact) mass is 279 g/mol. The van der Waals surface area contributed by atoms with Gasteiger partial charge in [0.25, 0.3) is 5.91 Å². The van der Waals surface area contributed by atoms with Gasteiger partial charge in [0.15, 0.2) is 0 Å². The van der Waals surface area contributed by atoms with Gasteiger partial charge in [-0.1, -0.05) is 11.8 Å². The Hall–Kier alpha value is -1.35. The van der Waals surface area contributed by atoms with Crippen molar-refractivity contribution in [3.8, 4) is 11.8 Å². The van der Waals surface area contributed by atoms with Gasteiger partial charge in [-0.2, -0.15) is 0 Å². The summed E-state index contributed by atoms with van der Waals surface area (Å²) in [4.78, 5) is 13.5. The predicted octanol–water partition coefficient (Wildman–Crippen LogP) is 1.39. The molecule has 2 unspecified atom stereocenters. The number of carbonyl (C=O) groups is 1. The molecule has 0 radical (unpaired) electrons. The largest absolute Gasteiger partial charge is 0.384 e. The molecule has 5 heteroatoms. The minimum atomic E-state index is -0.170. The number of rotatable bonds is 3. The molecular weight excluding hydrogens is 262 g/mol. The molecule has 1 aromatic rings. The normalized spacial score (nSPS) is 21.8. The van der Waals surface area contributed by atoms with Crippen LogP contribution < -0.4 is 5.32 Å². The fourth-order valence-corrected chi connectivity index (χ4v) is 3.05. The van der Waals surface area contributed by atoms with E-state index in [1.165, 1.54) is 11.3 Å². The first-order valence-corrected chi connectivity index (χ1v) is 7.09. The van der Waals surface area contributed by atoms with E-state index in [1.54, 1.807) is 19.2 Å². The minimum absolute atomic E-state index is 0.0731. The topological polar surface area (TPSA) is 58.6 Å². The number of aliphatic hydroxyl groups is 1. The fraction of sp³-hybridized carbons (Fsp3) is 0.500. The molecule has 0 saturated heterocycles. The van der Waals surface area contributed by atoms with Crippen molar-refractivity contribution in [3.63, 3.8) is 0 Å². The van der Waals surface area contributed by atoms with Gasteiger partial charge < -0.3 is 15.2 Å². The molecular formula is C14H17NO3S. The first-order chi connectivity index (χ1) is 9.24. The third-order valence-electron chi connectivity index (χ3n) is 3.19. The van der Waals surface area contributed by atoms with Crippen molar-refractivity contribution in [1.82, 2.24) is 5.32 Å². The molecule has 1 aromatic heterocycles. The lowest BCUT2D eigenvalue weighted by atomic mass is 10.2. The van der Waals surface area contributed by atoms with Crippen molar-refractivity contribution in [2.75, 3.05) is 13.7 Å². The maximum atomic E-state index is 12.1. The van der Waals surface area contributed by atoms with Crippen LogP contribution in [0.3, 0.4) is 0 Å². The maximum Gasteiger partial charge on any atom is 0.261 e. The SMILES string of the molecule is COC1CCCC1NC(=O)c1ccc(C#CCO)s1. The Morgan fingerprint density at radius 1 is 1.58 bits per heavy atom. The van der Waals surface area contributed by atoms with Gasteiger partial charge in [0, 0.05) is 7.11 Å². The van der Waals surface area contributed by atoms with Crippen molar-refractivity contribution in [1.29, 1.82) is 0 Å². The third-order valence-corrected chi connectivity index (χ3v) is 4.19. The summed E-state index contributed by atoms with van der Waals surface area (Å²) in [5.74, 6) is 5.29. The molecule has 1 heterocycles. The number of hydrogen-bond donors (Lipinski definition) is 2. The Balaban J connectivity index is 1.98. The second-order valence-corrected chi connectivity index (χ2v) is 5.49. The smallest absolute Gasteiger partial charge is 0.261 e. The van der Waals surface area contributed by atoms with Gasteiger partial charge in [0.2, 0.25) is 0 Å². The molecule has 1 saturated carbocycles. The molecule has 102 valence electrons. The quantitative estimate of drug-likeness (QED) is 0.822. The number of carbonyl (C=O) groups excluding carboxylic acids is 1. The predicted molar refractivity (Wildman–Crippen MR) is 74.2 cm³/mol. The van der Waals surface area contributed by atoms with Crippen molar-refractivity contribution in [3.05, 3.63) is 21.9 Å². The fourth-order valence-electron chi connectivity index (χ4n) is 2.27. The Morgan fingerprint density at radius 2 is 2.42 bits per heavy atom. The molecule has 0 aromatic carbocycles. The van der Waals surface area contributed by atoms with Crippen LogP contribution >= 0.6 is 11.3 Å². The average molecular weight is 279 g/mol. The van der Waals surface area contributed by atoms with E-state index in [0.29, 0.717) is 4.88 Å². The van der Waals surface area contributed by atoms with E-state index in [4.69, 9.17) is 9.84 Å². The van der Waals surface area contributed by atoms with Crippen LogP contribution in [0, 0.1) is 11.8 Å². The van der Waals surface area contributed by atoms with Gasteiger partial charge >= 0.3 is 0 Å². The van der Waals surface area contributed by atoms with Crippen LogP contribution in [0.1, 0.15) is 33.8 Å². The molecule has 0 bridgehead atoms. The standard InChI is InChI=1S/C14H17NO3S/c1-18-12-6-2-5-11(12)15-14(17)13-8-7-10(19-13)4-3-9-16/h7-8,11-12,16H,2,5-6,9H2,1H3,(H,15,17). The molecule has 0 aliphatic heterocycles. The van der Waals surface area contributed by atoms with Crippen LogP contribution in [0.25, 0.3) is 0 Å². The van der Waals surface area contributed by atoms with Crippen LogP contribution in [-0.4, -0.2) is 36.9 Å². The van der Waals surface area contributed by atoms with Gasteiger partial charge in [-0.15, -0.1) is 11.3 Å². The number of aliphatic hydroxyl groups excluding tert-OH is 1. The van der Waals surface area contributed by atoms with E-state index in [1.807, 2.05) is 0 Å². The number of amides is 1. The van der Waals surface area contributed by atoms with Crippen molar-refractivity contribution < 1.29 is 14.6 Å². The van der Waals surface area contributed by atoms with E-state index in [-0.39, 0.29) is 24.7 Å². The number of thiophene rings is 1. The summed E-state index contributed by atoms with van der Waals surface area (Å²) in [5.41, 5.74) is 0. The summed E-state index contributed by atoms with van der Waals surface area (Å²) in [6, 6.07) is 3.66.